The number of rotatable bonds is 5. The Kier molecular flexibility index (Phi) is 4.49. The number of aromatic nitrogens is 5. The van der Waals surface area contributed by atoms with E-state index in [2.05, 4.69) is 25.5 Å². The van der Waals surface area contributed by atoms with E-state index in [1.807, 2.05) is 39.8 Å². The molecule has 0 bridgehead atoms. The topological polar surface area (TPSA) is 98.7 Å². The molecule has 1 fully saturated rings. The summed E-state index contributed by atoms with van der Waals surface area (Å²) in [5, 5.41) is 11.3. The van der Waals surface area contributed by atoms with Crippen molar-refractivity contribution < 1.29 is 9.32 Å². The summed E-state index contributed by atoms with van der Waals surface area (Å²) >= 11 is 0. The molecule has 0 radical (unpaired) electrons. The van der Waals surface area contributed by atoms with Crippen molar-refractivity contribution >= 4 is 5.91 Å². The third-order valence-corrected chi connectivity index (χ3v) is 4.81. The van der Waals surface area contributed by atoms with Crippen molar-refractivity contribution in [3.8, 4) is 17.3 Å². The number of pyridine rings is 1. The van der Waals surface area contributed by atoms with Gasteiger partial charge < -0.3 is 9.84 Å². The summed E-state index contributed by atoms with van der Waals surface area (Å²) in [6.45, 7) is 8.69. The highest BCUT2D eigenvalue weighted by Gasteiger charge is 2.24. The van der Waals surface area contributed by atoms with Gasteiger partial charge in [0.05, 0.1) is 23.0 Å². The van der Waals surface area contributed by atoms with E-state index >= 15 is 0 Å². The monoisotopic (exact) mass is 380 g/mol. The van der Waals surface area contributed by atoms with Crippen LogP contribution in [0.25, 0.3) is 17.3 Å². The second-order valence-corrected chi connectivity index (χ2v) is 8.29. The number of nitrogens with zero attached hydrogens (tertiary/aromatic N) is 5. The van der Waals surface area contributed by atoms with Crippen LogP contribution in [-0.4, -0.2) is 37.4 Å². The Morgan fingerprint density at radius 3 is 2.68 bits per heavy atom. The first-order valence-corrected chi connectivity index (χ1v) is 9.47. The average Bonchev–Trinajstić information content (AvgIpc) is 3.19. The predicted octanol–water partition coefficient (Wildman–Crippen LogP) is 3.06. The van der Waals surface area contributed by atoms with Crippen molar-refractivity contribution in [2.75, 3.05) is 6.54 Å². The first kappa shape index (κ1) is 18.3. The maximum atomic E-state index is 12.4. The molecule has 1 N–H and O–H groups in total. The van der Waals surface area contributed by atoms with E-state index in [1.54, 1.807) is 17.1 Å². The summed E-state index contributed by atoms with van der Waals surface area (Å²) in [4.78, 5) is 21.3. The van der Waals surface area contributed by atoms with Gasteiger partial charge in [-0.3, -0.25) is 4.79 Å². The molecule has 0 atom stereocenters. The number of hydrogen-bond acceptors (Lipinski definition) is 6. The fourth-order valence-electron chi connectivity index (χ4n) is 2.80. The number of hydrogen-bond donors (Lipinski definition) is 1. The van der Waals surface area contributed by atoms with Gasteiger partial charge in [0.15, 0.2) is 11.6 Å². The molecule has 0 aromatic carbocycles. The van der Waals surface area contributed by atoms with Crippen LogP contribution < -0.4 is 5.32 Å². The molecule has 0 spiro atoms. The fraction of sp³-hybridized carbons (Fsp3) is 0.450. The lowest BCUT2D eigenvalue weighted by atomic mass is 9.96. The SMILES string of the molecule is Cc1c(C(=O)NCC2CC2)cnn1-c1ccc(-c2nc(C(C)(C)C)no2)cn1. The molecule has 0 aliphatic heterocycles. The van der Waals surface area contributed by atoms with Gasteiger partial charge in [-0.15, -0.1) is 0 Å². The van der Waals surface area contributed by atoms with E-state index < -0.39 is 0 Å². The van der Waals surface area contributed by atoms with E-state index in [0.717, 1.165) is 17.8 Å². The molecule has 1 aliphatic rings. The highest BCUT2D eigenvalue weighted by molar-refractivity contribution is 5.95. The third-order valence-electron chi connectivity index (χ3n) is 4.81. The normalized spacial score (nSPS) is 14.3. The quantitative estimate of drug-likeness (QED) is 0.730. The van der Waals surface area contributed by atoms with Crippen LogP contribution in [0.15, 0.2) is 29.0 Å². The number of carbonyl (C=O) groups is 1. The van der Waals surface area contributed by atoms with Gasteiger partial charge in [0.1, 0.15) is 0 Å². The zero-order chi connectivity index (χ0) is 19.9. The average molecular weight is 380 g/mol. The zero-order valence-electron chi connectivity index (χ0n) is 16.6. The first-order valence-electron chi connectivity index (χ1n) is 9.47. The molecule has 1 aliphatic carbocycles. The molecule has 28 heavy (non-hydrogen) atoms. The molecule has 0 unspecified atom stereocenters. The van der Waals surface area contributed by atoms with Crippen LogP contribution in [0.3, 0.4) is 0 Å². The molecule has 0 saturated heterocycles. The van der Waals surface area contributed by atoms with Crippen molar-refractivity contribution in [3.05, 3.63) is 41.6 Å². The van der Waals surface area contributed by atoms with Gasteiger partial charge in [-0.25, -0.2) is 9.67 Å². The van der Waals surface area contributed by atoms with Crippen molar-refractivity contribution in [2.45, 2.75) is 46.0 Å². The summed E-state index contributed by atoms with van der Waals surface area (Å²) in [6, 6.07) is 3.68. The Labute approximate surface area is 163 Å². The molecule has 146 valence electrons. The van der Waals surface area contributed by atoms with E-state index in [0.29, 0.717) is 29.0 Å². The molecule has 1 amide bonds. The number of amides is 1. The minimum Gasteiger partial charge on any atom is -0.352 e. The van der Waals surface area contributed by atoms with Gasteiger partial charge in [0.25, 0.3) is 11.8 Å². The number of nitrogens with one attached hydrogen (secondary N) is 1. The third kappa shape index (κ3) is 3.67. The largest absolute Gasteiger partial charge is 0.352 e. The predicted molar refractivity (Wildman–Crippen MR) is 103 cm³/mol. The summed E-state index contributed by atoms with van der Waals surface area (Å²) in [5.74, 6) is 2.25. The number of carbonyl (C=O) groups excluding carboxylic acids is 1. The molecule has 8 nitrogen and oxygen atoms in total. The molecule has 3 aromatic heterocycles. The van der Waals surface area contributed by atoms with Crippen LogP contribution in [0, 0.1) is 12.8 Å². The molecular weight excluding hydrogens is 356 g/mol. The van der Waals surface area contributed by atoms with Gasteiger partial charge >= 0.3 is 0 Å². The Balaban J connectivity index is 1.52. The van der Waals surface area contributed by atoms with Crippen LogP contribution >= 0.6 is 0 Å². The van der Waals surface area contributed by atoms with Crippen molar-refractivity contribution in [1.29, 1.82) is 0 Å². The van der Waals surface area contributed by atoms with Gasteiger partial charge in [0, 0.05) is 18.2 Å². The zero-order valence-corrected chi connectivity index (χ0v) is 16.6. The summed E-state index contributed by atoms with van der Waals surface area (Å²) in [7, 11) is 0. The van der Waals surface area contributed by atoms with E-state index in [1.165, 1.54) is 12.8 Å². The van der Waals surface area contributed by atoms with Gasteiger partial charge in [-0.2, -0.15) is 10.1 Å². The Bertz CT molecular complexity index is 993. The molecule has 3 heterocycles. The molecule has 3 aromatic rings. The lowest BCUT2D eigenvalue weighted by Crippen LogP contribution is -2.25. The summed E-state index contributed by atoms with van der Waals surface area (Å²) < 4.78 is 7.01. The Morgan fingerprint density at radius 2 is 2.07 bits per heavy atom. The summed E-state index contributed by atoms with van der Waals surface area (Å²) in [6.07, 6.45) is 5.65. The molecule has 8 heteroatoms. The summed E-state index contributed by atoms with van der Waals surface area (Å²) in [5.41, 5.74) is 1.87. The maximum absolute atomic E-state index is 12.4. The van der Waals surface area contributed by atoms with Crippen molar-refractivity contribution in [3.63, 3.8) is 0 Å². The lowest BCUT2D eigenvalue weighted by molar-refractivity contribution is 0.0951. The molecular formula is C20H24N6O2. The lowest BCUT2D eigenvalue weighted by Gasteiger charge is -2.10. The minimum absolute atomic E-state index is 0.0900. The van der Waals surface area contributed by atoms with E-state index in [-0.39, 0.29) is 11.3 Å². The van der Waals surface area contributed by atoms with Gasteiger partial charge in [-0.1, -0.05) is 25.9 Å². The van der Waals surface area contributed by atoms with Crippen LogP contribution in [0.5, 0.6) is 0 Å². The van der Waals surface area contributed by atoms with Gasteiger partial charge in [-0.05, 0) is 37.8 Å². The van der Waals surface area contributed by atoms with Crippen LogP contribution in [0.4, 0.5) is 0 Å². The van der Waals surface area contributed by atoms with Crippen molar-refractivity contribution in [2.24, 2.45) is 5.92 Å². The standard InChI is InChI=1S/C20H24N6O2/c1-12-15(17(27)22-9-13-5-6-13)11-23-26(12)16-8-7-14(10-21-16)18-24-19(25-28-18)20(2,3)4/h7-8,10-11,13H,5-6,9H2,1-4H3,(H,22,27). The Hall–Kier alpha value is -3.03. The van der Waals surface area contributed by atoms with Crippen molar-refractivity contribution in [1.82, 2.24) is 30.2 Å². The fourth-order valence-corrected chi connectivity index (χ4v) is 2.80. The molecule has 1 saturated carbocycles. The Morgan fingerprint density at radius 1 is 1.29 bits per heavy atom. The smallest absolute Gasteiger partial charge is 0.259 e. The first-order chi connectivity index (χ1) is 13.3. The van der Waals surface area contributed by atoms with Crippen LogP contribution in [-0.2, 0) is 5.41 Å². The van der Waals surface area contributed by atoms with Crippen LogP contribution in [0.1, 0.15) is 55.5 Å². The van der Waals surface area contributed by atoms with E-state index in [9.17, 15) is 4.79 Å². The van der Waals surface area contributed by atoms with E-state index in [4.69, 9.17) is 4.52 Å². The highest BCUT2D eigenvalue weighted by Crippen LogP contribution is 2.28. The minimum atomic E-state index is -0.183. The van der Waals surface area contributed by atoms with Gasteiger partial charge in [0.2, 0.25) is 0 Å². The second kappa shape index (κ2) is 6.85. The second-order valence-electron chi connectivity index (χ2n) is 8.29. The molecule has 4 rings (SSSR count). The van der Waals surface area contributed by atoms with Crippen LogP contribution in [0.2, 0.25) is 0 Å². The maximum Gasteiger partial charge on any atom is 0.259 e. The highest BCUT2D eigenvalue weighted by atomic mass is 16.5.